The number of anilines is 3. The summed E-state index contributed by atoms with van der Waals surface area (Å²) in [5.74, 6) is -0.607. The van der Waals surface area contributed by atoms with Crippen LogP contribution in [0.5, 0.6) is 0 Å². The molecule has 0 saturated heterocycles. The smallest absolute Gasteiger partial charge is 0.235 e. The molecule has 0 atom stereocenters. The summed E-state index contributed by atoms with van der Waals surface area (Å²) >= 11 is 0. The van der Waals surface area contributed by atoms with Gasteiger partial charge in [0.2, 0.25) is 11.8 Å². The second kappa shape index (κ2) is 6.69. The van der Waals surface area contributed by atoms with Crippen molar-refractivity contribution >= 4 is 29.0 Å². The van der Waals surface area contributed by atoms with E-state index in [2.05, 4.69) is 10.6 Å². The maximum atomic E-state index is 14.2. The van der Waals surface area contributed by atoms with E-state index in [1.54, 1.807) is 35.2 Å². The first-order valence-electron chi connectivity index (χ1n) is 9.53. The predicted octanol–water partition coefficient (Wildman–Crippen LogP) is 4.44. The van der Waals surface area contributed by atoms with Crippen molar-refractivity contribution in [2.24, 2.45) is 0 Å². The molecule has 1 aromatic heterocycles. The van der Waals surface area contributed by atoms with E-state index >= 15 is 0 Å². The zero-order chi connectivity index (χ0) is 20.9. The lowest BCUT2D eigenvalue weighted by Gasteiger charge is -2.29. The molecule has 8 heteroatoms. The Hall–Kier alpha value is -3.68. The van der Waals surface area contributed by atoms with Gasteiger partial charge >= 0.3 is 0 Å². The highest BCUT2D eigenvalue weighted by atomic mass is 19.1. The molecule has 152 valence electrons. The van der Waals surface area contributed by atoms with Gasteiger partial charge in [0.1, 0.15) is 17.5 Å². The summed E-state index contributed by atoms with van der Waals surface area (Å²) in [6.07, 6.45) is 2.48. The Balaban J connectivity index is 1.33. The number of benzene rings is 2. The standard InChI is InChI=1S/C22H18F2N4O2/c23-13-1-6-18(24)17(11-13)22(8-9-22)21(29)27-14-2-4-15(5-3-14)28-12-26-20-16(19(28)25)7-10-30-20/h1-7,10-11,25-26H,8-9,12H2,(H,27,29). The number of furan rings is 1. The molecular formula is C22H18F2N4O2. The topological polar surface area (TPSA) is 81.4 Å². The van der Waals surface area contributed by atoms with Gasteiger partial charge in [0.05, 0.1) is 23.9 Å². The molecule has 3 N–H and O–H groups in total. The first kappa shape index (κ1) is 18.4. The Morgan fingerprint density at radius 3 is 2.63 bits per heavy atom. The highest BCUT2D eigenvalue weighted by molar-refractivity contribution is 6.12. The monoisotopic (exact) mass is 408 g/mol. The van der Waals surface area contributed by atoms with Crippen LogP contribution in [0.1, 0.15) is 24.0 Å². The van der Waals surface area contributed by atoms with E-state index in [1.807, 2.05) is 0 Å². The van der Waals surface area contributed by atoms with E-state index in [9.17, 15) is 13.6 Å². The lowest BCUT2D eigenvalue weighted by Crippen LogP contribution is -2.39. The minimum absolute atomic E-state index is 0.0976. The minimum atomic E-state index is -1.03. The summed E-state index contributed by atoms with van der Waals surface area (Å²) < 4.78 is 33.1. The van der Waals surface area contributed by atoms with Crippen molar-refractivity contribution in [3.8, 4) is 0 Å². The second-order valence-electron chi connectivity index (χ2n) is 7.48. The third-order valence-electron chi connectivity index (χ3n) is 5.65. The summed E-state index contributed by atoms with van der Waals surface area (Å²) in [6.45, 7) is 0.382. The van der Waals surface area contributed by atoms with Crippen LogP contribution in [0.2, 0.25) is 0 Å². The van der Waals surface area contributed by atoms with Crippen LogP contribution in [-0.4, -0.2) is 18.4 Å². The van der Waals surface area contributed by atoms with Gasteiger partial charge < -0.3 is 20.0 Å². The molecule has 0 radical (unpaired) electrons. The third-order valence-corrected chi connectivity index (χ3v) is 5.65. The van der Waals surface area contributed by atoms with E-state index in [4.69, 9.17) is 9.83 Å². The quantitative estimate of drug-likeness (QED) is 0.596. The van der Waals surface area contributed by atoms with Crippen LogP contribution < -0.4 is 15.5 Å². The first-order chi connectivity index (χ1) is 14.5. The lowest BCUT2D eigenvalue weighted by molar-refractivity contribution is -0.118. The zero-order valence-corrected chi connectivity index (χ0v) is 15.8. The van der Waals surface area contributed by atoms with Crippen molar-refractivity contribution in [1.29, 1.82) is 5.41 Å². The molecule has 0 bridgehead atoms. The highest BCUT2D eigenvalue weighted by Gasteiger charge is 2.53. The zero-order valence-electron chi connectivity index (χ0n) is 15.8. The molecule has 30 heavy (non-hydrogen) atoms. The van der Waals surface area contributed by atoms with Crippen LogP contribution in [0.15, 0.2) is 59.2 Å². The number of hydrogen-bond donors (Lipinski definition) is 3. The molecule has 1 saturated carbocycles. The summed E-state index contributed by atoms with van der Waals surface area (Å²) in [6, 6.07) is 12.0. The maximum absolute atomic E-state index is 14.2. The summed E-state index contributed by atoms with van der Waals surface area (Å²) in [5.41, 5.74) is 1.07. The summed E-state index contributed by atoms with van der Waals surface area (Å²) in [5, 5.41) is 14.3. The van der Waals surface area contributed by atoms with Crippen LogP contribution >= 0.6 is 0 Å². The molecule has 2 aliphatic rings. The Kier molecular flexibility index (Phi) is 4.09. The van der Waals surface area contributed by atoms with Crippen LogP contribution in [0.25, 0.3) is 0 Å². The van der Waals surface area contributed by atoms with Crippen molar-refractivity contribution in [2.75, 3.05) is 22.2 Å². The minimum Gasteiger partial charge on any atom is -0.448 e. The van der Waals surface area contributed by atoms with Gasteiger partial charge in [-0.3, -0.25) is 10.2 Å². The second-order valence-corrected chi connectivity index (χ2v) is 7.48. The van der Waals surface area contributed by atoms with Crippen molar-refractivity contribution in [3.05, 3.63) is 77.6 Å². The molecule has 1 aliphatic carbocycles. The van der Waals surface area contributed by atoms with Crippen molar-refractivity contribution in [2.45, 2.75) is 18.3 Å². The number of rotatable bonds is 4. The number of hydrogen-bond acceptors (Lipinski definition) is 4. The molecular weight excluding hydrogens is 390 g/mol. The molecule has 1 fully saturated rings. The van der Waals surface area contributed by atoms with Gasteiger partial charge in [-0.2, -0.15) is 0 Å². The number of halogens is 2. The lowest BCUT2D eigenvalue weighted by atomic mass is 9.94. The first-order valence-corrected chi connectivity index (χ1v) is 9.53. The molecule has 3 aromatic rings. The van der Waals surface area contributed by atoms with Crippen LogP contribution in [0.4, 0.5) is 26.0 Å². The molecule has 6 nitrogen and oxygen atoms in total. The van der Waals surface area contributed by atoms with Gasteiger partial charge in [0.25, 0.3) is 0 Å². The normalized spacial score (nSPS) is 16.6. The van der Waals surface area contributed by atoms with Gasteiger partial charge in [0, 0.05) is 16.9 Å². The van der Waals surface area contributed by atoms with Gasteiger partial charge in [-0.15, -0.1) is 0 Å². The Morgan fingerprint density at radius 1 is 1.13 bits per heavy atom. The Labute approximate surface area is 171 Å². The molecule has 2 heterocycles. The number of fused-ring (bicyclic) bond motifs is 1. The number of carbonyl (C=O) groups excluding carboxylic acids is 1. The van der Waals surface area contributed by atoms with Gasteiger partial charge in [-0.25, -0.2) is 8.78 Å². The number of nitrogens with one attached hydrogen (secondary N) is 3. The largest absolute Gasteiger partial charge is 0.448 e. The summed E-state index contributed by atoms with van der Waals surface area (Å²) in [7, 11) is 0. The molecule has 2 aromatic carbocycles. The van der Waals surface area contributed by atoms with E-state index in [0.717, 1.165) is 23.9 Å². The van der Waals surface area contributed by atoms with Gasteiger partial charge in [-0.05, 0) is 61.4 Å². The van der Waals surface area contributed by atoms with E-state index in [0.29, 0.717) is 42.5 Å². The van der Waals surface area contributed by atoms with E-state index < -0.39 is 17.0 Å². The molecule has 5 rings (SSSR count). The SMILES string of the molecule is N=C1c2ccoc2NCN1c1ccc(NC(=O)C2(c3cc(F)ccc3F)CC2)cc1. The predicted molar refractivity (Wildman–Crippen MR) is 109 cm³/mol. The fraction of sp³-hybridized carbons (Fsp3) is 0.182. The Morgan fingerprint density at radius 2 is 1.90 bits per heavy atom. The molecule has 1 amide bonds. The van der Waals surface area contributed by atoms with Crippen LogP contribution in [-0.2, 0) is 10.2 Å². The molecule has 1 aliphatic heterocycles. The molecule has 0 spiro atoms. The van der Waals surface area contributed by atoms with E-state index in [-0.39, 0.29) is 11.5 Å². The van der Waals surface area contributed by atoms with Crippen molar-refractivity contribution in [1.82, 2.24) is 0 Å². The number of carbonyl (C=O) groups is 1. The number of nitrogens with zero attached hydrogens (tertiary/aromatic N) is 1. The van der Waals surface area contributed by atoms with Crippen molar-refractivity contribution in [3.63, 3.8) is 0 Å². The highest BCUT2D eigenvalue weighted by Crippen LogP contribution is 2.50. The fourth-order valence-electron chi connectivity index (χ4n) is 3.81. The van der Waals surface area contributed by atoms with Crippen LogP contribution in [0, 0.1) is 17.0 Å². The average Bonchev–Trinajstić information content (AvgIpc) is 3.41. The fourth-order valence-corrected chi connectivity index (χ4v) is 3.81. The number of amides is 1. The average molecular weight is 408 g/mol. The van der Waals surface area contributed by atoms with Gasteiger partial charge in [-0.1, -0.05) is 0 Å². The number of amidine groups is 1. The Bertz CT molecular complexity index is 1150. The third kappa shape index (κ3) is 2.92. The molecule has 0 unspecified atom stereocenters. The maximum Gasteiger partial charge on any atom is 0.235 e. The van der Waals surface area contributed by atoms with Crippen molar-refractivity contribution < 1.29 is 18.0 Å². The summed E-state index contributed by atoms with van der Waals surface area (Å²) in [4.78, 5) is 14.6. The van der Waals surface area contributed by atoms with Gasteiger partial charge in [0.15, 0.2) is 0 Å². The van der Waals surface area contributed by atoms with Crippen LogP contribution in [0.3, 0.4) is 0 Å². The van der Waals surface area contributed by atoms with E-state index in [1.165, 1.54) is 6.26 Å².